The molecule has 2 aromatic carbocycles. The molecule has 7 nitrogen and oxygen atoms in total. The quantitative estimate of drug-likeness (QED) is 0.486. The Bertz CT molecular complexity index is 1040. The highest BCUT2D eigenvalue weighted by atomic mass is 16.5. The fourth-order valence-corrected chi connectivity index (χ4v) is 3.04. The number of carbonyl (C=O) groups excluding carboxylic acids is 1. The largest absolute Gasteiger partial charge is 0.385 e. The molecular formula is C24H26N4O3. The predicted molar refractivity (Wildman–Crippen MR) is 118 cm³/mol. The molecule has 0 bridgehead atoms. The van der Waals surface area contributed by atoms with Crippen LogP contribution in [0, 0.1) is 11.3 Å². The van der Waals surface area contributed by atoms with Crippen molar-refractivity contribution in [3.8, 4) is 28.7 Å². The summed E-state index contributed by atoms with van der Waals surface area (Å²) in [5.41, 5.74) is 3.99. The van der Waals surface area contributed by atoms with E-state index in [-0.39, 0.29) is 5.91 Å². The average Bonchev–Trinajstić information content (AvgIpc) is 3.30. The van der Waals surface area contributed by atoms with Gasteiger partial charge in [0.25, 0.3) is 5.91 Å². The smallest absolute Gasteiger partial charge is 0.252 e. The maximum atomic E-state index is 12.3. The van der Waals surface area contributed by atoms with Crippen molar-refractivity contribution < 1.29 is 14.1 Å². The second-order valence-corrected chi connectivity index (χ2v) is 7.20. The van der Waals surface area contributed by atoms with Crippen molar-refractivity contribution >= 4 is 5.91 Å². The molecule has 1 amide bonds. The minimum absolute atomic E-state index is 0.300. The lowest BCUT2D eigenvalue weighted by Gasteiger charge is -2.07. The van der Waals surface area contributed by atoms with Crippen LogP contribution < -0.4 is 10.6 Å². The molecule has 0 spiro atoms. The van der Waals surface area contributed by atoms with Gasteiger partial charge in [0.05, 0.1) is 6.07 Å². The number of nitriles is 1. The Balaban J connectivity index is 1.66. The molecule has 7 heteroatoms. The second kappa shape index (κ2) is 11.1. The second-order valence-electron chi connectivity index (χ2n) is 7.20. The summed E-state index contributed by atoms with van der Waals surface area (Å²) in [4.78, 5) is 12.3. The van der Waals surface area contributed by atoms with Crippen molar-refractivity contribution in [1.82, 2.24) is 15.8 Å². The van der Waals surface area contributed by atoms with Crippen molar-refractivity contribution in [3.63, 3.8) is 0 Å². The Morgan fingerprint density at radius 2 is 2.00 bits per heavy atom. The Labute approximate surface area is 182 Å². The summed E-state index contributed by atoms with van der Waals surface area (Å²) >= 11 is 0. The minimum Gasteiger partial charge on any atom is -0.385 e. The van der Waals surface area contributed by atoms with Crippen molar-refractivity contribution in [3.05, 3.63) is 65.7 Å². The highest BCUT2D eigenvalue weighted by Gasteiger charge is 2.13. The first-order valence-electron chi connectivity index (χ1n) is 10.2. The SMILES string of the molecule is COCCCNCc1ccc(-c2cc(-c3cccc(C(=O)N[C@H](C)C#N)c3)no2)cc1. The first kappa shape index (κ1) is 22.2. The third kappa shape index (κ3) is 6.25. The maximum absolute atomic E-state index is 12.3. The van der Waals surface area contributed by atoms with Crippen LogP contribution in [-0.4, -0.2) is 37.4 Å². The van der Waals surface area contributed by atoms with Gasteiger partial charge in [0.1, 0.15) is 11.7 Å². The van der Waals surface area contributed by atoms with Crippen LogP contribution in [0.15, 0.2) is 59.1 Å². The minimum atomic E-state index is -0.557. The van der Waals surface area contributed by atoms with Crippen LogP contribution in [0.2, 0.25) is 0 Å². The van der Waals surface area contributed by atoms with Gasteiger partial charge in [0, 0.05) is 43.0 Å². The predicted octanol–water partition coefficient (Wildman–Crippen LogP) is 3.78. The highest BCUT2D eigenvalue weighted by molar-refractivity contribution is 5.95. The van der Waals surface area contributed by atoms with E-state index in [1.54, 1.807) is 32.2 Å². The molecule has 0 aliphatic carbocycles. The standard InChI is InChI=1S/C24H26N4O3/c1-17(15-25)27-24(29)21-6-3-5-20(13-21)22-14-23(31-28-22)19-9-7-18(8-10-19)16-26-11-4-12-30-2/h3,5-10,13-14,17,26H,4,11-12,16H2,1-2H3,(H,27,29)/t17-/m1/s1. The molecular weight excluding hydrogens is 392 g/mol. The molecule has 1 aromatic heterocycles. The van der Waals surface area contributed by atoms with Crippen LogP contribution in [0.1, 0.15) is 29.3 Å². The number of rotatable bonds is 10. The van der Waals surface area contributed by atoms with Gasteiger partial charge in [-0.1, -0.05) is 41.6 Å². The number of amides is 1. The lowest BCUT2D eigenvalue weighted by atomic mass is 10.1. The van der Waals surface area contributed by atoms with E-state index >= 15 is 0 Å². The average molecular weight is 418 g/mol. The Morgan fingerprint density at radius 3 is 2.74 bits per heavy atom. The maximum Gasteiger partial charge on any atom is 0.252 e. The summed E-state index contributed by atoms with van der Waals surface area (Å²) in [6, 6.07) is 18.5. The van der Waals surface area contributed by atoms with E-state index in [1.807, 2.05) is 30.3 Å². The van der Waals surface area contributed by atoms with Gasteiger partial charge in [0.15, 0.2) is 5.76 Å². The zero-order chi connectivity index (χ0) is 22.1. The Kier molecular flexibility index (Phi) is 7.93. The van der Waals surface area contributed by atoms with E-state index in [0.29, 0.717) is 17.0 Å². The van der Waals surface area contributed by atoms with Crippen LogP contribution in [0.4, 0.5) is 0 Å². The lowest BCUT2D eigenvalue weighted by Crippen LogP contribution is -2.31. The molecule has 160 valence electrons. The lowest BCUT2D eigenvalue weighted by molar-refractivity contribution is 0.0948. The summed E-state index contributed by atoms with van der Waals surface area (Å²) in [5, 5.41) is 19.0. The molecule has 2 N–H and O–H groups in total. The van der Waals surface area contributed by atoms with Gasteiger partial charge in [-0.05, 0) is 37.6 Å². The van der Waals surface area contributed by atoms with Gasteiger partial charge in [0.2, 0.25) is 0 Å². The third-order valence-corrected chi connectivity index (χ3v) is 4.74. The summed E-state index contributed by atoms with van der Waals surface area (Å²) in [7, 11) is 1.71. The molecule has 0 radical (unpaired) electrons. The number of hydrogen-bond acceptors (Lipinski definition) is 6. The zero-order valence-corrected chi connectivity index (χ0v) is 17.7. The summed E-state index contributed by atoms with van der Waals surface area (Å²) in [5.74, 6) is 0.355. The van der Waals surface area contributed by atoms with Gasteiger partial charge < -0.3 is 19.9 Å². The first-order chi connectivity index (χ1) is 15.1. The Hall–Kier alpha value is -3.47. The fourth-order valence-electron chi connectivity index (χ4n) is 3.04. The van der Waals surface area contributed by atoms with Crippen molar-refractivity contribution in [2.45, 2.75) is 25.9 Å². The molecule has 0 unspecified atom stereocenters. The fraction of sp³-hybridized carbons (Fsp3) is 0.292. The molecule has 31 heavy (non-hydrogen) atoms. The summed E-state index contributed by atoms with van der Waals surface area (Å²) < 4.78 is 10.6. The van der Waals surface area contributed by atoms with Gasteiger partial charge in [-0.2, -0.15) is 5.26 Å². The van der Waals surface area contributed by atoms with E-state index in [4.69, 9.17) is 14.5 Å². The molecule has 1 heterocycles. The van der Waals surface area contributed by atoms with Crippen LogP contribution in [0.5, 0.6) is 0 Å². The van der Waals surface area contributed by atoms with Crippen LogP contribution in [0.3, 0.4) is 0 Å². The van der Waals surface area contributed by atoms with E-state index < -0.39 is 6.04 Å². The first-order valence-corrected chi connectivity index (χ1v) is 10.2. The molecule has 1 atom stereocenters. The Morgan fingerprint density at radius 1 is 1.19 bits per heavy atom. The van der Waals surface area contributed by atoms with Gasteiger partial charge in [-0.25, -0.2) is 0 Å². The normalized spacial score (nSPS) is 11.6. The molecule has 0 saturated carbocycles. The molecule has 3 aromatic rings. The van der Waals surface area contributed by atoms with Gasteiger partial charge >= 0.3 is 0 Å². The number of nitrogens with zero attached hydrogens (tertiary/aromatic N) is 2. The topological polar surface area (TPSA) is 100 Å². The number of carbonyl (C=O) groups is 1. The molecule has 0 fully saturated rings. The molecule has 0 aliphatic rings. The van der Waals surface area contributed by atoms with E-state index in [9.17, 15) is 4.79 Å². The number of ether oxygens (including phenoxy) is 1. The molecule has 0 aliphatic heterocycles. The van der Waals surface area contributed by atoms with Crippen molar-refractivity contribution in [2.24, 2.45) is 0 Å². The van der Waals surface area contributed by atoms with Crippen molar-refractivity contribution in [2.75, 3.05) is 20.3 Å². The van der Waals surface area contributed by atoms with Crippen LogP contribution >= 0.6 is 0 Å². The highest BCUT2D eigenvalue weighted by Crippen LogP contribution is 2.26. The van der Waals surface area contributed by atoms with E-state index in [1.165, 1.54) is 5.56 Å². The van der Waals surface area contributed by atoms with Crippen molar-refractivity contribution in [1.29, 1.82) is 5.26 Å². The molecule has 0 saturated heterocycles. The van der Waals surface area contributed by atoms with Gasteiger partial charge in [-0.15, -0.1) is 0 Å². The summed E-state index contributed by atoms with van der Waals surface area (Å²) in [6.07, 6.45) is 0.982. The number of aromatic nitrogens is 1. The number of nitrogens with one attached hydrogen (secondary N) is 2. The summed E-state index contributed by atoms with van der Waals surface area (Å²) in [6.45, 7) is 4.10. The zero-order valence-electron chi connectivity index (χ0n) is 17.7. The van der Waals surface area contributed by atoms with Gasteiger partial charge in [-0.3, -0.25) is 4.79 Å². The third-order valence-electron chi connectivity index (χ3n) is 4.74. The molecule has 3 rings (SSSR count). The number of benzene rings is 2. The van der Waals surface area contributed by atoms with Crippen LogP contribution in [-0.2, 0) is 11.3 Å². The van der Waals surface area contributed by atoms with E-state index in [2.05, 4.69) is 27.9 Å². The monoisotopic (exact) mass is 418 g/mol. The van der Waals surface area contributed by atoms with E-state index in [0.717, 1.165) is 37.2 Å². The number of methoxy groups -OCH3 is 1. The van der Waals surface area contributed by atoms with Crippen LogP contribution in [0.25, 0.3) is 22.6 Å². The number of hydrogen-bond donors (Lipinski definition) is 2.